The molecule has 0 aliphatic heterocycles. The van der Waals surface area contributed by atoms with Crippen molar-refractivity contribution < 1.29 is 13.7 Å². The minimum atomic E-state index is -0.312. The lowest BCUT2D eigenvalue weighted by atomic mass is 10.2. The Balaban J connectivity index is 4.38. The van der Waals surface area contributed by atoms with E-state index in [9.17, 15) is 4.79 Å². The van der Waals surface area contributed by atoms with Crippen molar-refractivity contribution in [3.63, 3.8) is 0 Å². The fourth-order valence-electron chi connectivity index (χ4n) is 0.773. The highest BCUT2D eigenvalue weighted by atomic mass is 32.1. The van der Waals surface area contributed by atoms with Crippen LogP contribution in [0.15, 0.2) is 36.1 Å². The second kappa shape index (κ2) is 8.23. The quantitative estimate of drug-likeness (QED) is 0.247. The lowest BCUT2D eigenvalue weighted by Crippen LogP contribution is -2.03. The van der Waals surface area contributed by atoms with Crippen LogP contribution < -0.4 is 0 Å². The number of allylic oxidation sites excluding steroid dienone is 3. The van der Waals surface area contributed by atoms with Crippen LogP contribution in [0.25, 0.3) is 0 Å². The Morgan fingerprint density at radius 3 is 2.60 bits per heavy atom. The third-order valence-electron chi connectivity index (χ3n) is 1.65. The van der Waals surface area contributed by atoms with Gasteiger partial charge in [0.2, 0.25) is 13.7 Å². The summed E-state index contributed by atoms with van der Waals surface area (Å²) in [4.78, 5) is 10.6. The number of thiol groups is 1. The summed E-state index contributed by atoms with van der Waals surface area (Å²) < 4.78 is 9.62. The first kappa shape index (κ1) is 13.9. The van der Waals surface area contributed by atoms with Gasteiger partial charge in [-0.2, -0.15) is 0 Å². The Labute approximate surface area is 96.9 Å². The zero-order valence-electron chi connectivity index (χ0n) is 9.03. The lowest BCUT2D eigenvalue weighted by Gasteiger charge is -2.02. The van der Waals surface area contributed by atoms with Crippen molar-refractivity contribution in [2.75, 3.05) is 6.61 Å². The molecule has 0 aromatic heterocycles. The summed E-state index contributed by atoms with van der Waals surface area (Å²) in [6.45, 7) is 5.79. The van der Waals surface area contributed by atoms with Crippen LogP contribution >= 0.6 is 12.9 Å². The summed E-state index contributed by atoms with van der Waals surface area (Å²) in [5, 5.41) is 0. The van der Waals surface area contributed by atoms with Crippen molar-refractivity contribution in [2.24, 2.45) is 0 Å². The van der Waals surface area contributed by atoms with Crippen LogP contribution in [0.4, 0.5) is 4.79 Å². The van der Waals surface area contributed by atoms with E-state index in [0.717, 1.165) is 17.8 Å². The topological polar surface area (TPSA) is 35.5 Å². The molecule has 0 aliphatic rings. The molecule has 0 aliphatic carbocycles. The van der Waals surface area contributed by atoms with Crippen LogP contribution in [0.1, 0.15) is 13.3 Å². The van der Waals surface area contributed by atoms with Gasteiger partial charge in [0.05, 0.1) is 0 Å². The molecule has 0 radical (unpaired) electrons. The van der Waals surface area contributed by atoms with Crippen LogP contribution in [-0.2, 0) is 8.92 Å². The van der Waals surface area contributed by atoms with Crippen molar-refractivity contribution in [1.29, 1.82) is 0 Å². The standard InChI is InChI=1S/C10H15BO3S/c1-3-8(7-13-10(11)12)5-6-9(4-2)14-15/h3,5-6,15H,1,4,7,11H2,2H3/b8-5+,9-6+. The van der Waals surface area contributed by atoms with Crippen LogP contribution in [0.3, 0.4) is 0 Å². The molecule has 0 heterocycles. The second-order valence-corrected chi connectivity index (χ2v) is 2.99. The zero-order chi connectivity index (χ0) is 11.7. The van der Waals surface area contributed by atoms with E-state index in [2.05, 4.69) is 19.5 Å². The molecule has 82 valence electrons. The molecule has 0 bridgehead atoms. The van der Waals surface area contributed by atoms with Gasteiger partial charge in [0.15, 0.2) is 0 Å². The van der Waals surface area contributed by atoms with Gasteiger partial charge in [0.25, 0.3) is 0 Å². The molecule has 0 N–H and O–H groups in total. The maximum absolute atomic E-state index is 10.6. The number of carbonyl (C=O) groups excluding carboxylic acids is 1. The molecule has 0 amide bonds. The van der Waals surface area contributed by atoms with Gasteiger partial charge in [-0.25, -0.2) is 0 Å². The van der Waals surface area contributed by atoms with Crippen LogP contribution in [0, 0.1) is 0 Å². The normalized spacial score (nSPS) is 12.1. The van der Waals surface area contributed by atoms with Gasteiger partial charge in [0.1, 0.15) is 12.4 Å². The summed E-state index contributed by atoms with van der Waals surface area (Å²) >= 11 is 3.70. The van der Waals surface area contributed by atoms with Gasteiger partial charge in [-0.1, -0.05) is 25.7 Å². The number of carbonyl (C=O) groups is 1. The molecule has 0 aromatic rings. The molecule has 3 nitrogen and oxygen atoms in total. The molecular weight excluding hydrogens is 211 g/mol. The first-order chi connectivity index (χ1) is 7.13. The predicted octanol–water partition coefficient (Wildman–Crippen LogP) is 2.02. The molecular formula is C10H15BO3S. The molecule has 15 heavy (non-hydrogen) atoms. The van der Waals surface area contributed by atoms with Crippen molar-refractivity contribution in [2.45, 2.75) is 13.3 Å². The molecule has 0 atom stereocenters. The highest BCUT2D eigenvalue weighted by Gasteiger charge is 1.96. The number of rotatable bonds is 6. The third-order valence-corrected chi connectivity index (χ3v) is 1.89. The van der Waals surface area contributed by atoms with Crippen LogP contribution in [0.2, 0.25) is 0 Å². The smallest absolute Gasteiger partial charge is 0.243 e. The van der Waals surface area contributed by atoms with E-state index in [1.54, 1.807) is 18.2 Å². The van der Waals surface area contributed by atoms with Crippen LogP contribution in [0.5, 0.6) is 0 Å². The summed E-state index contributed by atoms with van der Waals surface area (Å²) in [6, 6.07) is 0. The van der Waals surface area contributed by atoms with E-state index in [1.807, 2.05) is 6.92 Å². The number of hydrogen-bond acceptors (Lipinski definition) is 4. The molecule has 0 fully saturated rings. The van der Waals surface area contributed by atoms with E-state index < -0.39 is 0 Å². The molecule has 0 saturated carbocycles. The molecule has 5 heteroatoms. The molecule has 0 rings (SSSR count). The minimum absolute atomic E-state index is 0.221. The maximum atomic E-state index is 10.6. The van der Waals surface area contributed by atoms with E-state index in [4.69, 9.17) is 8.92 Å². The third kappa shape index (κ3) is 6.91. The van der Waals surface area contributed by atoms with Gasteiger partial charge < -0.3 is 8.92 Å². The van der Waals surface area contributed by atoms with Crippen molar-refractivity contribution in [3.8, 4) is 0 Å². The Morgan fingerprint density at radius 2 is 2.20 bits per heavy atom. The Kier molecular flexibility index (Phi) is 7.63. The molecule has 0 saturated heterocycles. The Bertz CT molecular complexity index is 278. The van der Waals surface area contributed by atoms with Gasteiger partial charge in [-0.3, -0.25) is 4.79 Å². The average molecular weight is 226 g/mol. The monoisotopic (exact) mass is 226 g/mol. The summed E-state index contributed by atoms with van der Waals surface area (Å²) in [7, 11) is 1.37. The first-order valence-corrected chi connectivity index (χ1v) is 4.97. The second-order valence-electron chi connectivity index (χ2n) is 2.80. The molecule has 0 spiro atoms. The lowest BCUT2D eigenvalue weighted by molar-refractivity contribution is 0.184. The summed E-state index contributed by atoms with van der Waals surface area (Å²) in [6.07, 6.45) is 5.93. The van der Waals surface area contributed by atoms with Crippen molar-refractivity contribution in [3.05, 3.63) is 36.1 Å². The number of ether oxygens (including phenoxy) is 1. The first-order valence-electron chi connectivity index (χ1n) is 4.61. The van der Waals surface area contributed by atoms with E-state index in [0.29, 0.717) is 0 Å². The van der Waals surface area contributed by atoms with Gasteiger partial charge in [-0.15, -0.1) is 0 Å². The van der Waals surface area contributed by atoms with E-state index >= 15 is 0 Å². The largest absolute Gasteiger partial charge is 0.469 e. The average Bonchev–Trinajstić information content (AvgIpc) is 2.23. The van der Waals surface area contributed by atoms with Crippen molar-refractivity contribution >= 4 is 26.6 Å². The minimum Gasteiger partial charge on any atom is -0.469 e. The highest BCUT2D eigenvalue weighted by molar-refractivity contribution is 7.75. The number of hydrogen-bond donors (Lipinski definition) is 1. The fourth-order valence-corrected chi connectivity index (χ4v) is 0.963. The van der Waals surface area contributed by atoms with Crippen molar-refractivity contribution in [1.82, 2.24) is 0 Å². The van der Waals surface area contributed by atoms with Gasteiger partial charge in [0, 0.05) is 19.3 Å². The van der Waals surface area contributed by atoms with Gasteiger partial charge in [-0.05, 0) is 11.6 Å². The molecule has 0 aromatic carbocycles. The highest BCUT2D eigenvalue weighted by Crippen LogP contribution is 2.07. The Morgan fingerprint density at radius 1 is 1.53 bits per heavy atom. The van der Waals surface area contributed by atoms with E-state index in [-0.39, 0.29) is 12.5 Å². The van der Waals surface area contributed by atoms with E-state index in [1.165, 1.54) is 7.85 Å². The van der Waals surface area contributed by atoms with Crippen LogP contribution in [-0.4, -0.2) is 20.3 Å². The zero-order valence-corrected chi connectivity index (χ0v) is 9.92. The summed E-state index contributed by atoms with van der Waals surface area (Å²) in [5.41, 5.74) is 0.807. The fraction of sp³-hybridized carbons (Fsp3) is 0.300. The maximum Gasteiger partial charge on any atom is 0.243 e. The molecule has 0 unspecified atom stereocenters. The SMILES string of the molecule is BC(=O)OC/C(C=C)=C/C=C(\CC)OS. The summed E-state index contributed by atoms with van der Waals surface area (Å²) in [5.74, 6) is 0.424. The Hall–Kier alpha value is -1.10. The van der Waals surface area contributed by atoms with Gasteiger partial charge >= 0.3 is 0 Å². The predicted molar refractivity (Wildman–Crippen MR) is 66.6 cm³/mol.